The summed E-state index contributed by atoms with van der Waals surface area (Å²) in [5.41, 5.74) is 1.74. The van der Waals surface area contributed by atoms with E-state index in [1.54, 1.807) is 18.5 Å². The third-order valence-electron chi connectivity index (χ3n) is 1.91. The second-order valence-corrected chi connectivity index (χ2v) is 3.40. The number of aromatic nitrogens is 3. The van der Waals surface area contributed by atoms with Crippen LogP contribution in [0.1, 0.15) is 10.5 Å². The van der Waals surface area contributed by atoms with E-state index in [4.69, 9.17) is 0 Å². The Labute approximate surface area is 91.7 Å². The van der Waals surface area contributed by atoms with Gasteiger partial charge >= 0.3 is 0 Å². The zero-order chi connectivity index (χ0) is 10.7. The first-order valence-corrected chi connectivity index (χ1v) is 5.13. The Balaban J connectivity index is 2.23. The topological polar surface area (TPSA) is 70.7 Å². The number of nitrogens with one attached hydrogen (secondary N) is 2. The summed E-state index contributed by atoms with van der Waals surface area (Å²) in [5.74, 6) is 0.407. The zero-order valence-corrected chi connectivity index (χ0v) is 8.79. The molecule has 0 aromatic carbocycles. The first-order valence-electron chi connectivity index (χ1n) is 4.50. The van der Waals surface area contributed by atoms with Gasteiger partial charge in [0.05, 0.1) is 11.8 Å². The Hall–Kier alpha value is -1.56. The molecular formula is C9H10N4OS. The van der Waals surface area contributed by atoms with Gasteiger partial charge in [-0.1, -0.05) is 0 Å². The van der Waals surface area contributed by atoms with E-state index in [9.17, 15) is 4.79 Å². The molecule has 0 aliphatic carbocycles. The van der Waals surface area contributed by atoms with Gasteiger partial charge in [0, 0.05) is 12.3 Å². The highest BCUT2D eigenvalue weighted by molar-refractivity contribution is 7.80. The number of aromatic amines is 1. The van der Waals surface area contributed by atoms with Gasteiger partial charge in [0.2, 0.25) is 0 Å². The molecule has 15 heavy (non-hydrogen) atoms. The molecule has 0 saturated carbocycles. The van der Waals surface area contributed by atoms with E-state index in [1.165, 1.54) is 0 Å². The highest BCUT2D eigenvalue weighted by atomic mass is 32.1. The summed E-state index contributed by atoms with van der Waals surface area (Å²) in [4.78, 5) is 22.5. The Morgan fingerprint density at radius 3 is 3.20 bits per heavy atom. The van der Waals surface area contributed by atoms with Crippen molar-refractivity contribution in [2.24, 2.45) is 0 Å². The first kappa shape index (κ1) is 9.97. The van der Waals surface area contributed by atoms with Crippen LogP contribution in [0, 0.1) is 0 Å². The molecule has 0 unspecified atom stereocenters. The molecule has 2 aromatic rings. The molecule has 6 heteroatoms. The van der Waals surface area contributed by atoms with Crippen molar-refractivity contribution >= 4 is 29.7 Å². The molecule has 0 fully saturated rings. The molecule has 0 aliphatic rings. The van der Waals surface area contributed by atoms with Crippen LogP contribution in [-0.2, 0) is 0 Å². The van der Waals surface area contributed by atoms with Crippen molar-refractivity contribution < 1.29 is 4.79 Å². The third-order valence-corrected chi connectivity index (χ3v) is 2.14. The van der Waals surface area contributed by atoms with Gasteiger partial charge in [-0.25, -0.2) is 9.97 Å². The van der Waals surface area contributed by atoms with Crippen molar-refractivity contribution in [1.82, 2.24) is 20.3 Å². The number of hydrogen-bond donors (Lipinski definition) is 3. The predicted molar refractivity (Wildman–Crippen MR) is 60.1 cm³/mol. The quantitative estimate of drug-likeness (QED) is 0.667. The number of hydrogen-bond acceptors (Lipinski definition) is 4. The maximum absolute atomic E-state index is 11.5. The summed E-state index contributed by atoms with van der Waals surface area (Å²) in [7, 11) is 0. The van der Waals surface area contributed by atoms with E-state index in [-0.39, 0.29) is 5.91 Å². The van der Waals surface area contributed by atoms with Crippen LogP contribution in [0.4, 0.5) is 0 Å². The van der Waals surface area contributed by atoms with E-state index in [2.05, 4.69) is 32.9 Å². The number of nitrogens with zero attached hydrogens (tertiary/aromatic N) is 2. The van der Waals surface area contributed by atoms with Crippen LogP contribution in [0.3, 0.4) is 0 Å². The van der Waals surface area contributed by atoms with Crippen LogP contribution in [0.5, 0.6) is 0 Å². The highest BCUT2D eigenvalue weighted by Gasteiger charge is 2.07. The summed E-state index contributed by atoms with van der Waals surface area (Å²) < 4.78 is 0. The molecule has 2 aromatic heterocycles. The summed E-state index contributed by atoms with van der Waals surface area (Å²) in [6.45, 7) is 0.530. The number of H-pyrrole nitrogens is 1. The number of pyridine rings is 1. The fraction of sp³-hybridized carbons (Fsp3) is 0.222. The minimum Gasteiger partial charge on any atom is -0.350 e. The van der Waals surface area contributed by atoms with Crippen LogP contribution in [-0.4, -0.2) is 33.2 Å². The number of imidazole rings is 1. The van der Waals surface area contributed by atoms with E-state index < -0.39 is 0 Å². The highest BCUT2D eigenvalue weighted by Crippen LogP contribution is 2.06. The number of thiol groups is 1. The average molecular weight is 222 g/mol. The molecule has 2 heterocycles. The van der Waals surface area contributed by atoms with Crippen LogP contribution < -0.4 is 5.32 Å². The zero-order valence-electron chi connectivity index (χ0n) is 7.90. The van der Waals surface area contributed by atoms with Crippen molar-refractivity contribution in [2.75, 3.05) is 12.3 Å². The van der Waals surface area contributed by atoms with Crippen molar-refractivity contribution in [1.29, 1.82) is 0 Å². The Morgan fingerprint density at radius 2 is 2.40 bits per heavy atom. The van der Waals surface area contributed by atoms with Crippen LogP contribution >= 0.6 is 12.6 Å². The van der Waals surface area contributed by atoms with Gasteiger partial charge in [0.15, 0.2) is 5.65 Å². The second kappa shape index (κ2) is 4.31. The lowest BCUT2D eigenvalue weighted by molar-refractivity contribution is 0.0951. The van der Waals surface area contributed by atoms with E-state index in [0.29, 0.717) is 23.6 Å². The molecule has 0 aliphatic heterocycles. The summed E-state index contributed by atoms with van der Waals surface area (Å²) >= 11 is 4.00. The minimum absolute atomic E-state index is 0.200. The number of fused-ring (bicyclic) bond motifs is 1. The molecule has 0 bridgehead atoms. The summed E-state index contributed by atoms with van der Waals surface area (Å²) in [5, 5.41) is 2.69. The molecule has 2 rings (SSSR count). The van der Waals surface area contributed by atoms with E-state index in [1.807, 2.05) is 0 Å². The average Bonchev–Trinajstić information content (AvgIpc) is 2.72. The molecule has 0 saturated heterocycles. The third kappa shape index (κ3) is 2.10. The molecule has 5 nitrogen and oxygen atoms in total. The Morgan fingerprint density at radius 1 is 1.53 bits per heavy atom. The Bertz CT molecular complexity index is 482. The monoisotopic (exact) mass is 222 g/mol. The first-order chi connectivity index (χ1) is 7.31. The van der Waals surface area contributed by atoms with Gasteiger partial charge in [-0.15, -0.1) is 0 Å². The van der Waals surface area contributed by atoms with Crippen molar-refractivity contribution in [3.05, 3.63) is 24.2 Å². The second-order valence-electron chi connectivity index (χ2n) is 2.95. The number of carbonyl (C=O) groups is 1. The number of carbonyl (C=O) groups excluding carboxylic acids is 1. The molecule has 1 amide bonds. The van der Waals surface area contributed by atoms with Gasteiger partial charge < -0.3 is 10.3 Å². The fourth-order valence-corrected chi connectivity index (χ4v) is 1.32. The molecule has 78 valence electrons. The van der Waals surface area contributed by atoms with Crippen molar-refractivity contribution in [2.45, 2.75) is 0 Å². The predicted octanol–water partition coefficient (Wildman–Crippen LogP) is 0.617. The lowest BCUT2D eigenvalue weighted by Gasteiger charge is -2.01. The normalized spacial score (nSPS) is 10.5. The summed E-state index contributed by atoms with van der Waals surface area (Å²) in [6.07, 6.45) is 1.55. The molecule has 0 radical (unpaired) electrons. The molecule has 0 spiro atoms. The van der Waals surface area contributed by atoms with Gasteiger partial charge in [0.25, 0.3) is 5.91 Å². The van der Waals surface area contributed by atoms with Gasteiger partial charge in [-0.3, -0.25) is 4.79 Å². The largest absolute Gasteiger partial charge is 0.350 e. The molecule has 2 N–H and O–H groups in total. The lowest BCUT2D eigenvalue weighted by atomic mass is 10.3. The minimum atomic E-state index is -0.200. The van der Waals surface area contributed by atoms with Crippen LogP contribution in [0.25, 0.3) is 11.2 Å². The number of amides is 1. The smallest absolute Gasteiger partial charge is 0.269 e. The fourth-order valence-electron chi connectivity index (χ4n) is 1.21. The maximum Gasteiger partial charge on any atom is 0.269 e. The maximum atomic E-state index is 11.5. The molecular weight excluding hydrogens is 212 g/mol. The van der Waals surface area contributed by atoms with E-state index >= 15 is 0 Å². The van der Waals surface area contributed by atoms with Gasteiger partial charge in [-0.2, -0.15) is 12.6 Å². The standard InChI is InChI=1S/C9H10N4OS/c14-9(10-3-4-15)7-2-1-6-8(13-7)12-5-11-6/h1-2,5,15H,3-4H2,(H,10,14)(H,11,12,13). The SMILES string of the molecule is O=C(NCCS)c1ccc2[nH]cnc2n1. The van der Waals surface area contributed by atoms with Gasteiger partial charge in [0.1, 0.15) is 5.69 Å². The Kier molecular flexibility index (Phi) is 2.86. The molecule has 0 atom stereocenters. The van der Waals surface area contributed by atoms with Crippen molar-refractivity contribution in [3.8, 4) is 0 Å². The lowest BCUT2D eigenvalue weighted by Crippen LogP contribution is -2.26. The van der Waals surface area contributed by atoms with Gasteiger partial charge in [-0.05, 0) is 12.1 Å². The van der Waals surface area contributed by atoms with Crippen LogP contribution in [0.15, 0.2) is 18.5 Å². The number of rotatable bonds is 3. The summed E-state index contributed by atoms with van der Waals surface area (Å²) in [6, 6.07) is 3.44. The van der Waals surface area contributed by atoms with Crippen molar-refractivity contribution in [3.63, 3.8) is 0 Å². The van der Waals surface area contributed by atoms with Crippen LogP contribution in [0.2, 0.25) is 0 Å². The van der Waals surface area contributed by atoms with E-state index in [0.717, 1.165) is 5.52 Å².